The molecular weight excluding hydrogens is 564 g/mol. The summed E-state index contributed by atoms with van der Waals surface area (Å²) in [6.45, 7) is -1.62. The van der Waals surface area contributed by atoms with Crippen LogP contribution in [0.5, 0.6) is 17.2 Å². The third kappa shape index (κ3) is 5.20. The molecule has 10 N–H and O–H groups in total. The van der Waals surface area contributed by atoms with Gasteiger partial charge in [0.15, 0.2) is 11.7 Å². The van der Waals surface area contributed by atoms with Crippen molar-refractivity contribution in [2.45, 2.75) is 61.2 Å². The molecule has 2 aliphatic heterocycles. The summed E-state index contributed by atoms with van der Waals surface area (Å²) in [5, 5.41) is 103. The number of benzene rings is 2. The average molecular weight is 595 g/mol. The highest BCUT2D eigenvalue weighted by Crippen LogP contribution is 2.46. The van der Waals surface area contributed by atoms with E-state index in [1.54, 1.807) is 0 Å². The lowest BCUT2D eigenvalue weighted by atomic mass is 9.89. The Morgan fingerprint density at radius 1 is 0.762 bits per heavy atom. The standard InChI is InChI=1S/C27H30O15/c28-7-15-20(34)23(37)26(42-27-24(38)22(36)19(33)16(8-29)41-27)25(40-15)18-12(32)6-14-17(21(18)35)11(31)5-13(39-14)9-1-3-10(30)4-2-9/h1-6,15-16,19-20,22-30,32-38H,7-8H2/t15-,16-,19+,20-,22+,23+,24-,25+,26-,27+/m1/s1. The van der Waals surface area contributed by atoms with Crippen molar-refractivity contribution in [1.82, 2.24) is 0 Å². The Hall–Kier alpha value is -3.35. The molecule has 10 atom stereocenters. The minimum Gasteiger partial charge on any atom is -0.508 e. The van der Waals surface area contributed by atoms with Crippen LogP contribution in [0, 0.1) is 0 Å². The molecule has 0 bridgehead atoms. The van der Waals surface area contributed by atoms with Crippen LogP contribution in [0.3, 0.4) is 0 Å². The van der Waals surface area contributed by atoms with Crippen LogP contribution < -0.4 is 5.43 Å². The van der Waals surface area contributed by atoms with E-state index in [-0.39, 0.29) is 17.1 Å². The number of hydrogen-bond donors (Lipinski definition) is 10. The molecule has 2 saturated heterocycles. The van der Waals surface area contributed by atoms with Crippen LogP contribution in [0.4, 0.5) is 0 Å². The molecule has 0 saturated carbocycles. The number of aliphatic hydroxyl groups excluding tert-OH is 7. The summed E-state index contributed by atoms with van der Waals surface area (Å²) in [5.74, 6) is -1.53. The number of rotatable bonds is 6. The first kappa shape index (κ1) is 30.1. The van der Waals surface area contributed by atoms with Gasteiger partial charge in [0, 0.05) is 17.7 Å². The Labute approximate surface area is 236 Å². The highest BCUT2D eigenvalue weighted by atomic mass is 16.7. The number of aromatic hydroxyl groups is 3. The first-order valence-electron chi connectivity index (χ1n) is 12.9. The summed E-state index contributed by atoms with van der Waals surface area (Å²) in [4.78, 5) is 13.1. The van der Waals surface area contributed by atoms with Crippen molar-refractivity contribution in [1.29, 1.82) is 0 Å². The molecule has 3 heterocycles. The third-order valence-electron chi connectivity index (χ3n) is 7.45. The maximum Gasteiger partial charge on any atom is 0.197 e. The molecule has 2 aliphatic rings. The molecule has 42 heavy (non-hydrogen) atoms. The van der Waals surface area contributed by atoms with E-state index >= 15 is 0 Å². The summed E-state index contributed by atoms with van der Waals surface area (Å²) in [6.07, 6.45) is -17.4. The Morgan fingerprint density at radius 2 is 1.38 bits per heavy atom. The van der Waals surface area contributed by atoms with Gasteiger partial charge in [-0.1, -0.05) is 0 Å². The first-order valence-corrected chi connectivity index (χ1v) is 12.9. The SMILES string of the molecule is O=c1cc(-c2ccc(O)cc2)oc2cc(O)c([C@@H]3O[C@H](CO)[C@@H](O)[C@H](O)[C@H]3O[C@@H]3O[C@H](CO)[C@H](O)[C@H](O)[C@H]3O)c(O)c12. The van der Waals surface area contributed by atoms with E-state index in [2.05, 4.69) is 0 Å². The van der Waals surface area contributed by atoms with E-state index in [4.69, 9.17) is 18.6 Å². The van der Waals surface area contributed by atoms with Gasteiger partial charge in [-0.05, 0) is 24.3 Å². The molecule has 0 aliphatic carbocycles. The molecule has 0 amide bonds. The number of ether oxygens (including phenoxy) is 3. The van der Waals surface area contributed by atoms with Crippen molar-refractivity contribution < 1.29 is 69.7 Å². The normalized spacial score (nSPS) is 33.6. The molecule has 2 fully saturated rings. The van der Waals surface area contributed by atoms with Crippen molar-refractivity contribution in [2.75, 3.05) is 13.2 Å². The van der Waals surface area contributed by atoms with Gasteiger partial charge in [0.2, 0.25) is 0 Å². The molecule has 15 heteroatoms. The van der Waals surface area contributed by atoms with E-state index in [1.807, 2.05) is 0 Å². The molecular formula is C27H30O15. The molecule has 0 spiro atoms. The second-order valence-corrected chi connectivity index (χ2v) is 10.1. The third-order valence-corrected chi connectivity index (χ3v) is 7.45. The maximum absolute atomic E-state index is 13.1. The molecule has 0 unspecified atom stereocenters. The fourth-order valence-corrected chi connectivity index (χ4v) is 5.16. The van der Waals surface area contributed by atoms with Gasteiger partial charge in [-0.3, -0.25) is 4.79 Å². The Balaban J connectivity index is 1.58. The zero-order valence-corrected chi connectivity index (χ0v) is 21.7. The highest BCUT2D eigenvalue weighted by molar-refractivity contribution is 5.88. The van der Waals surface area contributed by atoms with Gasteiger partial charge >= 0.3 is 0 Å². The van der Waals surface area contributed by atoms with Crippen LogP contribution in [0.2, 0.25) is 0 Å². The minimum atomic E-state index is -1.92. The lowest BCUT2D eigenvalue weighted by molar-refractivity contribution is -0.342. The van der Waals surface area contributed by atoms with Crippen LogP contribution in [-0.2, 0) is 14.2 Å². The quantitative estimate of drug-likeness (QED) is 0.147. The van der Waals surface area contributed by atoms with Crippen molar-refractivity contribution in [3.8, 4) is 28.6 Å². The number of hydrogen-bond acceptors (Lipinski definition) is 15. The number of phenolic OH excluding ortho intramolecular Hbond substituents is 3. The monoisotopic (exact) mass is 594 g/mol. The largest absolute Gasteiger partial charge is 0.508 e. The lowest BCUT2D eigenvalue weighted by Gasteiger charge is -2.46. The average Bonchev–Trinajstić information content (AvgIpc) is 2.96. The van der Waals surface area contributed by atoms with Gasteiger partial charge in [-0.25, -0.2) is 0 Å². The zero-order valence-electron chi connectivity index (χ0n) is 21.7. The molecule has 2 aromatic carbocycles. The molecule has 15 nitrogen and oxygen atoms in total. The maximum atomic E-state index is 13.1. The lowest BCUT2D eigenvalue weighted by Crippen LogP contribution is -2.62. The fourth-order valence-electron chi connectivity index (χ4n) is 5.16. The van der Waals surface area contributed by atoms with Crippen LogP contribution in [0.1, 0.15) is 11.7 Å². The first-order chi connectivity index (χ1) is 20.0. The second kappa shape index (κ2) is 11.7. The smallest absolute Gasteiger partial charge is 0.197 e. The number of fused-ring (bicyclic) bond motifs is 1. The van der Waals surface area contributed by atoms with Crippen molar-refractivity contribution in [2.24, 2.45) is 0 Å². The Bertz CT molecular complexity index is 1470. The van der Waals surface area contributed by atoms with Gasteiger partial charge in [0.1, 0.15) is 88.9 Å². The molecule has 5 rings (SSSR count). The minimum absolute atomic E-state index is 0.0247. The van der Waals surface area contributed by atoms with Gasteiger partial charge in [-0.2, -0.15) is 0 Å². The molecule has 3 aromatic rings. The summed E-state index contributed by atoms with van der Waals surface area (Å²) < 4.78 is 22.4. The molecule has 0 radical (unpaired) electrons. The summed E-state index contributed by atoms with van der Waals surface area (Å²) in [7, 11) is 0. The van der Waals surface area contributed by atoms with Crippen LogP contribution in [0.15, 0.2) is 45.6 Å². The molecule has 228 valence electrons. The van der Waals surface area contributed by atoms with E-state index in [0.717, 1.165) is 12.1 Å². The van der Waals surface area contributed by atoms with Crippen LogP contribution >= 0.6 is 0 Å². The zero-order chi connectivity index (χ0) is 30.5. The molecule has 1 aromatic heterocycles. The Morgan fingerprint density at radius 3 is 2.02 bits per heavy atom. The second-order valence-electron chi connectivity index (χ2n) is 10.1. The van der Waals surface area contributed by atoms with Gasteiger partial charge < -0.3 is 69.7 Å². The van der Waals surface area contributed by atoms with Crippen LogP contribution in [0.25, 0.3) is 22.3 Å². The van der Waals surface area contributed by atoms with Crippen LogP contribution in [-0.4, -0.2) is 119 Å². The van der Waals surface area contributed by atoms with Crippen molar-refractivity contribution in [3.05, 3.63) is 52.2 Å². The summed E-state index contributed by atoms with van der Waals surface area (Å²) in [6, 6.07) is 7.75. The van der Waals surface area contributed by atoms with Crippen molar-refractivity contribution in [3.63, 3.8) is 0 Å². The number of phenols is 3. The van der Waals surface area contributed by atoms with Gasteiger partial charge in [0.25, 0.3) is 0 Å². The summed E-state index contributed by atoms with van der Waals surface area (Å²) in [5.41, 5.74) is -1.10. The topological polar surface area (TPSA) is 260 Å². The van der Waals surface area contributed by atoms with E-state index in [9.17, 15) is 55.9 Å². The van der Waals surface area contributed by atoms with E-state index in [0.29, 0.717) is 5.56 Å². The Kier molecular flexibility index (Phi) is 8.41. The van der Waals surface area contributed by atoms with Gasteiger partial charge in [0.05, 0.1) is 18.8 Å². The van der Waals surface area contributed by atoms with Gasteiger partial charge in [-0.15, -0.1) is 0 Å². The van der Waals surface area contributed by atoms with E-state index in [1.165, 1.54) is 24.3 Å². The summed E-state index contributed by atoms with van der Waals surface area (Å²) >= 11 is 0. The fraction of sp³-hybridized carbons (Fsp3) is 0.444. The predicted octanol–water partition coefficient (Wildman–Crippen LogP) is -2.08. The predicted molar refractivity (Wildman–Crippen MR) is 138 cm³/mol. The van der Waals surface area contributed by atoms with E-state index < -0.39 is 102 Å². The number of aliphatic hydroxyl groups is 7. The van der Waals surface area contributed by atoms with Crippen molar-refractivity contribution >= 4 is 11.0 Å². The highest BCUT2D eigenvalue weighted by Gasteiger charge is 2.52.